The summed E-state index contributed by atoms with van der Waals surface area (Å²) in [5.74, 6) is -0.573. The minimum atomic E-state index is -0.667. The molecule has 0 saturated carbocycles. The van der Waals surface area contributed by atoms with Gasteiger partial charge in [0.15, 0.2) is 0 Å². The van der Waals surface area contributed by atoms with E-state index in [4.69, 9.17) is 9.84 Å². The van der Waals surface area contributed by atoms with Crippen molar-refractivity contribution >= 4 is 37.5 Å². The summed E-state index contributed by atoms with van der Waals surface area (Å²) >= 11 is 1.06. The van der Waals surface area contributed by atoms with Crippen molar-refractivity contribution in [2.75, 3.05) is 12.4 Å². The molecule has 2 N–H and O–H groups in total. The van der Waals surface area contributed by atoms with Crippen LogP contribution < -0.4 is 34.9 Å². The van der Waals surface area contributed by atoms with Gasteiger partial charge in [-0.15, -0.1) is 11.3 Å². The standard InChI is InChI=1S/C12H17NO5S.BH4.Na/c1-12(2,3)18-11(16)13-8-5-7(6-14)19-9(8)10(15)17-4;;/h5,14H,6H2,1-4H3,(H,13,16);1H4;/q;-1;+1. The minimum Gasteiger partial charge on any atom is -0.465 e. The van der Waals surface area contributed by atoms with Gasteiger partial charge in [-0.1, -0.05) is 8.41 Å². The van der Waals surface area contributed by atoms with E-state index >= 15 is 0 Å². The van der Waals surface area contributed by atoms with E-state index in [2.05, 4.69) is 10.1 Å². The Morgan fingerprint density at radius 3 is 2.38 bits per heavy atom. The number of amides is 1. The second-order valence-electron chi connectivity index (χ2n) is 4.73. The van der Waals surface area contributed by atoms with Crippen LogP contribution in [0.4, 0.5) is 10.5 Å². The van der Waals surface area contributed by atoms with Crippen LogP contribution in [0.5, 0.6) is 0 Å². The summed E-state index contributed by atoms with van der Waals surface area (Å²) in [6.07, 6.45) is -0.667. The number of aliphatic hydroxyl groups excluding tert-OH is 1. The number of esters is 1. The van der Waals surface area contributed by atoms with E-state index in [0.29, 0.717) is 4.88 Å². The van der Waals surface area contributed by atoms with Gasteiger partial charge in [0, 0.05) is 4.88 Å². The summed E-state index contributed by atoms with van der Waals surface area (Å²) in [5, 5.41) is 11.5. The van der Waals surface area contributed by atoms with Gasteiger partial charge in [-0.25, -0.2) is 9.59 Å². The van der Waals surface area contributed by atoms with E-state index in [-0.39, 0.29) is 55.1 Å². The first-order valence-corrected chi connectivity index (χ1v) is 6.40. The molecule has 0 saturated heterocycles. The number of methoxy groups -OCH3 is 1. The molecule has 1 aromatic heterocycles. The average molecular weight is 325 g/mol. The number of hydrogen-bond acceptors (Lipinski definition) is 6. The third-order valence-electron chi connectivity index (χ3n) is 1.95. The average Bonchev–Trinajstić information content (AvgIpc) is 2.68. The SMILES string of the molecule is COC(=O)c1sc(CO)cc1NC(=O)OC(C)(C)C.[BH4-].[Na+]. The molecule has 0 bridgehead atoms. The van der Waals surface area contributed by atoms with E-state index in [1.165, 1.54) is 13.2 Å². The zero-order valence-corrected chi connectivity index (χ0v) is 15.1. The summed E-state index contributed by atoms with van der Waals surface area (Å²) in [4.78, 5) is 24.0. The number of thiophene rings is 1. The molecule has 0 radical (unpaired) electrons. The molecule has 114 valence electrons. The maximum atomic E-state index is 11.6. The minimum absolute atomic E-state index is 0. The van der Waals surface area contributed by atoms with Crippen LogP contribution in [0, 0.1) is 0 Å². The van der Waals surface area contributed by atoms with Gasteiger partial charge in [-0.2, -0.15) is 0 Å². The van der Waals surface area contributed by atoms with Crippen molar-refractivity contribution in [1.29, 1.82) is 0 Å². The molecule has 1 heterocycles. The zero-order valence-electron chi connectivity index (χ0n) is 12.3. The van der Waals surface area contributed by atoms with E-state index in [1.54, 1.807) is 20.8 Å². The summed E-state index contributed by atoms with van der Waals surface area (Å²) in [6.45, 7) is 4.99. The van der Waals surface area contributed by atoms with Gasteiger partial charge in [0.05, 0.1) is 19.4 Å². The number of hydrogen-bond donors (Lipinski definition) is 2. The van der Waals surface area contributed by atoms with Crippen molar-refractivity contribution in [2.24, 2.45) is 0 Å². The van der Waals surface area contributed by atoms with Gasteiger partial charge < -0.3 is 14.6 Å². The Morgan fingerprint density at radius 2 is 1.95 bits per heavy atom. The van der Waals surface area contributed by atoms with Crippen molar-refractivity contribution in [2.45, 2.75) is 33.0 Å². The third kappa shape index (κ3) is 7.33. The summed E-state index contributed by atoms with van der Waals surface area (Å²) in [6, 6.07) is 1.51. The molecule has 0 unspecified atom stereocenters. The molecule has 0 spiro atoms. The smallest absolute Gasteiger partial charge is 0.465 e. The van der Waals surface area contributed by atoms with Crippen LogP contribution in [0.15, 0.2) is 6.07 Å². The topological polar surface area (TPSA) is 84.9 Å². The van der Waals surface area contributed by atoms with Gasteiger partial charge in [0.25, 0.3) is 0 Å². The molecule has 0 aliphatic rings. The largest absolute Gasteiger partial charge is 1.00 e. The number of carbonyl (C=O) groups excluding carboxylic acids is 2. The summed E-state index contributed by atoms with van der Waals surface area (Å²) in [7, 11) is 1.25. The van der Waals surface area contributed by atoms with Crippen LogP contribution in [0.2, 0.25) is 0 Å². The number of rotatable bonds is 3. The first-order chi connectivity index (χ1) is 8.76. The van der Waals surface area contributed by atoms with Crippen molar-refractivity contribution in [3.63, 3.8) is 0 Å². The first kappa shape index (κ1) is 22.7. The number of anilines is 1. The molecule has 1 amide bonds. The Balaban J connectivity index is 0. The Morgan fingerprint density at radius 1 is 1.38 bits per heavy atom. The van der Waals surface area contributed by atoms with E-state index in [0.717, 1.165) is 11.3 Å². The van der Waals surface area contributed by atoms with Crippen LogP contribution in [0.3, 0.4) is 0 Å². The molecule has 0 aromatic carbocycles. The normalized spacial score (nSPS) is 9.95. The van der Waals surface area contributed by atoms with Gasteiger partial charge in [0.1, 0.15) is 10.5 Å². The van der Waals surface area contributed by atoms with Crippen molar-refractivity contribution in [3.05, 3.63) is 15.8 Å². The molecular formula is C12H21BNNaO5S. The molecular weight excluding hydrogens is 304 g/mol. The predicted molar refractivity (Wildman–Crippen MR) is 82.8 cm³/mol. The maximum absolute atomic E-state index is 11.6. The van der Waals surface area contributed by atoms with Crippen LogP contribution >= 0.6 is 11.3 Å². The first-order valence-electron chi connectivity index (χ1n) is 5.58. The van der Waals surface area contributed by atoms with Crippen molar-refractivity contribution in [3.8, 4) is 0 Å². The van der Waals surface area contributed by atoms with Gasteiger partial charge in [-0.05, 0) is 26.8 Å². The molecule has 21 heavy (non-hydrogen) atoms. The van der Waals surface area contributed by atoms with Gasteiger partial charge >= 0.3 is 41.6 Å². The second kappa shape index (κ2) is 9.48. The number of carbonyl (C=O) groups is 2. The fourth-order valence-electron chi connectivity index (χ4n) is 1.27. The zero-order chi connectivity index (χ0) is 14.6. The van der Waals surface area contributed by atoms with E-state index < -0.39 is 17.7 Å². The van der Waals surface area contributed by atoms with Crippen LogP contribution in [0.25, 0.3) is 0 Å². The molecule has 1 aromatic rings. The molecule has 0 fully saturated rings. The summed E-state index contributed by atoms with van der Waals surface area (Å²) < 4.78 is 9.71. The molecule has 0 aliphatic heterocycles. The van der Waals surface area contributed by atoms with Crippen LogP contribution in [-0.2, 0) is 16.1 Å². The predicted octanol–water partition coefficient (Wildman–Crippen LogP) is -2.07. The van der Waals surface area contributed by atoms with E-state index in [1.807, 2.05) is 0 Å². The monoisotopic (exact) mass is 325 g/mol. The van der Waals surface area contributed by atoms with E-state index in [9.17, 15) is 9.59 Å². The summed E-state index contributed by atoms with van der Waals surface area (Å²) in [5.41, 5.74) is -0.360. The Bertz CT molecular complexity index is 486. The molecule has 0 aliphatic carbocycles. The number of aliphatic hydroxyl groups is 1. The molecule has 9 heteroatoms. The third-order valence-corrected chi connectivity index (χ3v) is 3.05. The molecule has 1 rings (SSSR count). The Labute approximate surface area is 152 Å². The van der Waals surface area contributed by atoms with Crippen LogP contribution in [-0.4, -0.2) is 38.3 Å². The maximum Gasteiger partial charge on any atom is 1.00 e. The van der Waals surface area contributed by atoms with Crippen molar-refractivity contribution < 1.29 is 53.7 Å². The fraction of sp³-hybridized carbons (Fsp3) is 0.500. The molecule has 0 atom stereocenters. The van der Waals surface area contributed by atoms with Crippen LogP contribution in [0.1, 0.15) is 35.3 Å². The Kier molecular flexibility index (Phi) is 10.3. The van der Waals surface area contributed by atoms with Gasteiger partial charge in [0.2, 0.25) is 0 Å². The van der Waals surface area contributed by atoms with Gasteiger partial charge in [-0.3, -0.25) is 5.32 Å². The fourth-order valence-corrected chi connectivity index (χ4v) is 2.16. The second-order valence-corrected chi connectivity index (χ2v) is 5.87. The Hall–Kier alpha value is -0.535. The number of nitrogens with one attached hydrogen (secondary N) is 1. The van der Waals surface area contributed by atoms with Crippen molar-refractivity contribution in [1.82, 2.24) is 0 Å². The number of ether oxygens (including phenoxy) is 2. The molecule has 6 nitrogen and oxygen atoms in total. The quantitative estimate of drug-likeness (QED) is 0.493.